The third-order valence-electron chi connectivity index (χ3n) is 4.62. The summed E-state index contributed by atoms with van der Waals surface area (Å²) in [5.74, 6) is -0.118. The molecular formula is C22H25ClN2O6S2. The van der Waals surface area contributed by atoms with Crippen molar-refractivity contribution < 1.29 is 27.4 Å². The molecule has 0 spiro atoms. The number of aryl methyl sites for hydroxylation is 1. The number of rotatable bonds is 7. The van der Waals surface area contributed by atoms with Crippen molar-refractivity contribution in [2.24, 2.45) is 0 Å². The van der Waals surface area contributed by atoms with E-state index in [0.717, 1.165) is 20.1 Å². The zero-order valence-electron chi connectivity index (χ0n) is 19.1. The van der Waals surface area contributed by atoms with Gasteiger partial charge in [-0.3, -0.25) is 9.10 Å². The van der Waals surface area contributed by atoms with Crippen LogP contribution in [0.25, 0.3) is 10.1 Å². The number of esters is 1. The van der Waals surface area contributed by atoms with Crippen molar-refractivity contribution in [3.8, 4) is 11.5 Å². The molecule has 1 heterocycles. The molecule has 11 heteroatoms. The second kappa shape index (κ2) is 9.36. The van der Waals surface area contributed by atoms with E-state index < -0.39 is 28.1 Å². The van der Waals surface area contributed by atoms with Gasteiger partial charge in [0.15, 0.2) is 11.5 Å². The highest BCUT2D eigenvalue weighted by atomic mass is 35.5. The van der Waals surface area contributed by atoms with Gasteiger partial charge in [0.2, 0.25) is 0 Å². The van der Waals surface area contributed by atoms with Gasteiger partial charge in [-0.15, -0.1) is 0 Å². The molecule has 8 nitrogen and oxygen atoms in total. The van der Waals surface area contributed by atoms with Crippen molar-refractivity contribution in [1.82, 2.24) is 4.37 Å². The third-order valence-corrected chi connectivity index (χ3v) is 7.58. The van der Waals surface area contributed by atoms with Crippen molar-refractivity contribution in [1.29, 1.82) is 0 Å². The number of hydrogen-bond acceptors (Lipinski definition) is 8. The number of sulfonamides is 1. The molecule has 0 amide bonds. The van der Waals surface area contributed by atoms with E-state index in [1.165, 1.54) is 44.0 Å². The summed E-state index contributed by atoms with van der Waals surface area (Å²) in [6, 6.07) is 7.46. The van der Waals surface area contributed by atoms with Gasteiger partial charge < -0.3 is 14.2 Å². The summed E-state index contributed by atoms with van der Waals surface area (Å²) in [6.45, 7) is 6.36. The molecule has 0 atom stereocenters. The largest absolute Gasteiger partial charge is 0.493 e. The number of anilines is 1. The fourth-order valence-electron chi connectivity index (χ4n) is 3.15. The first-order valence-electron chi connectivity index (χ1n) is 9.89. The lowest BCUT2D eigenvalue weighted by atomic mass is 10.2. The number of carbonyl (C=O) groups excluding carboxylic acids is 1. The summed E-state index contributed by atoms with van der Waals surface area (Å²) < 4.78 is 49.4. The van der Waals surface area contributed by atoms with E-state index in [9.17, 15) is 13.2 Å². The zero-order chi connectivity index (χ0) is 24.6. The Bertz CT molecular complexity index is 1300. The molecule has 0 radical (unpaired) electrons. The number of ether oxygens (including phenoxy) is 3. The standard InChI is InChI=1S/C22H25ClN2O6S2/c1-13-15-10-17(16(23)11-20(15)32-24-13)25(12-21(26)31-22(2,3)4)33(27,28)14-7-8-18(29-5)19(9-14)30-6/h7-11H,12H2,1-6H3. The Balaban J connectivity index is 2.18. The van der Waals surface area contributed by atoms with Crippen molar-refractivity contribution >= 4 is 54.9 Å². The number of nitrogens with zero attached hydrogens (tertiary/aromatic N) is 2. The van der Waals surface area contributed by atoms with Gasteiger partial charge in [-0.2, -0.15) is 4.37 Å². The number of hydrogen-bond donors (Lipinski definition) is 0. The van der Waals surface area contributed by atoms with Gasteiger partial charge in [-0.1, -0.05) is 11.6 Å². The first kappa shape index (κ1) is 25.1. The highest BCUT2D eigenvalue weighted by Gasteiger charge is 2.32. The van der Waals surface area contributed by atoms with Crippen LogP contribution in [0.15, 0.2) is 35.2 Å². The lowest BCUT2D eigenvalue weighted by Crippen LogP contribution is -2.39. The molecule has 1 aromatic heterocycles. The molecule has 0 bridgehead atoms. The van der Waals surface area contributed by atoms with Crippen LogP contribution in [-0.2, 0) is 19.6 Å². The highest BCUT2D eigenvalue weighted by molar-refractivity contribution is 7.92. The van der Waals surface area contributed by atoms with E-state index in [2.05, 4.69) is 4.37 Å². The molecule has 3 aromatic rings. The number of fused-ring (bicyclic) bond motifs is 1. The topological polar surface area (TPSA) is 95.0 Å². The Kier molecular flexibility index (Phi) is 7.11. The van der Waals surface area contributed by atoms with E-state index in [0.29, 0.717) is 5.75 Å². The van der Waals surface area contributed by atoms with Crippen LogP contribution in [0.4, 0.5) is 5.69 Å². The molecule has 0 aliphatic heterocycles. The molecule has 0 aliphatic carbocycles. The van der Waals surface area contributed by atoms with Gasteiger partial charge in [0.05, 0.1) is 40.2 Å². The minimum atomic E-state index is -4.25. The minimum Gasteiger partial charge on any atom is -0.493 e. The molecule has 0 aliphatic rings. The maximum atomic E-state index is 13.8. The van der Waals surface area contributed by atoms with Gasteiger partial charge in [0.25, 0.3) is 10.0 Å². The fourth-order valence-corrected chi connectivity index (χ4v) is 5.78. The third kappa shape index (κ3) is 5.34. The molecule has 0 saturated heterocycles. The van der Waals surface area contributed by atoms with E-state index in [4.69, 9.17) is 25.8 Å². The molecule has 3 rings (SSSR count). The summed E-state index contributed by atoms with van der Waals surface area (Å²) in [5.41, 5.74) is 0.0824. The summed E-state index contributed by atoms with van der Waals surface area (Å²) in [7, 11) is -1.40. The van der Waals surface area contributed by atoms with Gasteiger partial charge in [0, 0.05) is 11.5 Å². The smallest absolute Gasteiger partial charge is 0.327 e. The van der Waals surface area contributed by atoms with Crippen LogP contribution in [-0.4, -0.2) is 45.1 Å². The number of carbonyl (C=O) groups is 1. The van der Waals surface area contributed by atoms with Crippen LogP contribution in [0.5, 0.6) is 11.5 Å². The number of methoxy groups -OCH3 is 2. The second-order valence-electron chi connectivity index (χ2n) is 8.18. The SMILES string of the molecule is COc1ccc(S(=O)(=O)N(CC(=O)OC(C)(C)C)c2cc3c(C)nsc3cc2Cl)cc1OC. The number of halogens is 1. The van der Waals surface area contributed by atoms with Crippen LogP contribution >= 0.6 is 23.1 Å². The van der Waals surface area contributed by atoms with Crippen LogP contribution in [0.1, 0.15) is 26.5 Å². The van der Waals surface area contributed by atoms with Crippen LogP contribution in [0, 0.1) is 6.92 Å². The van der Waals surface area contributed by atoms with Gasteiger partial charge in [-0.25, -0.2) is 8.42 Å². The van der Waals surface area contributed by atoms with E-state index in [-0.39, 0.29) is 21.4 Å². The quantitative estimate of drug-likeness (QED) is 0.419. The average Bonchev–Trinajstić information content (AvgIpc) is 3.09. The molecular weight excluding hydrogens is 488 g/mol. The first-order valence-corrected chi connectivity index (χ1v) is 12.5. The van der Waals surface area contributed by atoms with E-state index in [1.807, 2.05) is 6.92 Å². The Morgan fingerprint density at radius 2 is 1.79 bits per heavy atom. The van der Waals surface area contributed by atoms with Gasteiger partial charge in [-0.05, 0) is 63.5 Å². The molecule has 178 valence electrons. The van der Waals surface area contributed by atoms with Crippen LogP contribution in [0.3, 0.4) is 0 Å². The Hall–Kier alpha value is -2.56. The van der Waals surface area contributed by atoms with Crippen molar-refractivity contribution in [3.63, 3.8) is 0 Å². The monoisotopic (exact) mass is 512 g/mol. The fraction of sp³-hybridized carbons (Fsp3) is 0.364. The Morgan fingerprint density at radius 3 is 2.39 bits per heavy atom. The number of aromatic nitrogens is 1. The van der Waals surface area contributed by atoms with Crippen LogP contribution < -0.4 is 13.8 Å². The van der Waals surface area contributed by atoms with Crippen molar-refractivity contribution in [3.05, 3.63) is 41.0 Å². The molecule has 0 fully saturated rings. The maximum absolute atomic E-state index is 13.8. The number of benzene rings is 2. The molecule has 0 N–H and O–H groups in total. The first-order chi connectivity index (χ1) is 15.4. The molecule has 0 saturated carbocycles. The van der Waals surface area contributed by atoms with Crippen molar-refractivity contribution in [2.45, 2.75) is 38.2 Å². The predicted octanol–water partition coefficient (Wildman–Crippen LogP) is 4.81. The Labute approximate surface area is 202 Å². The van der Waals surface area contributed by atoms with E-state index >= 15 is 0 Å². The molecule has 0 unspecified atom stereocenters. The lowest BCUT2D eigenvalue weighted by Gasteiger charge is -2.27. The molecule has 33 heavy (non-hydrogen) atoms. The summed E-state index contributed by atoms with van der Waals surface area (Å²) >= 11 is 7.76. The van der Waals surface area contributed by atoms with Crippen LogP contribution in [0.2, 0.25) is 5.02 Å². The summed E-state index contributed by atoms with van der Waals surface area (Å²) in [4.78, 5) is 12.6. The highest BCUT2D eigenvalue weighted by Crippen LogP contribution is 2.38. The van der Waals surface area contributed by atoms with Gasteiger partial charge in [0.1, 0.15) is 12.1 Å². The Morgan fingerprint density at radius 1 is 1.12 bits per heavy atom. The maximum Gasteiger partial charge on any atom is 0.327 e. The van der Waals surface area contributed by atoms with Gasteiger partial charge >= 0.3 is 5.97 Å². The predicted molar refractivity (Wildman–Crippen MR) is 129 cm³/mol. The van der Waals surface area contributed by atoms with Crippen molar-refractivity contribution in [2.75, 3.05) is 25.1 Å². The lowest BCUT2D eigenvalue weighted by molar-refractivity contribution is -0.152. The summed E-state index contributed by atoms with van der Waals surface area (Å²) in [5, 5.41) is 0.912. The second-order valence-corrected chi connectivity index (χ2v) is 11.3. The summed E-state index contributed by atoms with van der Waals surface area (Å²) in [6.07, 6.45) is 0. The molecule has 2 aromatic carbocycles. The zero-order valence-corrected chi connectivity index (χ0v) is 21.5. The van der Waals surface area contributed by atoms with E-state index in [1.54, 1.807) is 32.9 Å². The normalized spacial score (nSPS) is 12.0. The average molecular weight is 513 g/mol. The minimum absolute atomic E-state index is 0.0972.